The Bertz CT molecular complexity index is 530. The van der Waals surface area contributed by atoms with Crippen molar-refractivity contribution < 1.29 is 19.1 Å². The first kappa shape index (κ1) is 16.5. The number of ether oxygens (including phenoxy) is 1. The first-order valence-electron chi connectivity index (χ1n) is 7.31. The van der Waals surface area contributed by atoms with Gasteiger partial charge in [-0.3, -0.25) is 9.59 Å². The second-order valence-corrected chi connectivity index (χ2v) is 5.92. The lowest BCUT2D eigenvalue weighted by Gasteiger charge is -2.33. The van der Waals surface area contributed by atoms with E-state index in [1.54, 1.807) is 16.3 Å². The van der Waals surface area contributed by atoms with Crippen molar-refractivity contribution in [1.82, 2.24) is 10.2 Å². The van der Waals surface area contributed by atoms with Gasteiger partial charge in [-0.25, -0.2) is 4.79 Å². The number of methoxy groups -OCH3 is 1. The second-order valence-electron chi connectivity index (χ2n) is 5.14. The number of hydrogen-bond acceptors (Lipinski definition) is 5. The number of nitrogens with one attached hydrogen (secondary N) is 1. The van der Waals surface area contributed by atoms with Gasteiger partial charge in [0, 0.05) is 30.5 Å². The quantitative estimate of drug-likeness (QED) is 0.831. The molecular weight excluding hydrogens is 304 g/mol. The van der Waals surface area contributed by atoms with Crippen LogP contribution in [0.25, 0.3) is 0 Å². The lowest BCUT2D eigenvalue weighted by molar-refractivity contribution is -0.154. The topological polar surface area (TPSA) is 75.7 Å². The van der Waals surface area contributed by atoms with Crippen LogP contribution in [-0.2, 0) is 14.3 Å². The van der Waals surface area contributed by atoms with E-state index in [9.17, 15) is 14.4 Å². The standard InChI is InChI=1S/C15H20N2O4S/c1-21-15(20)12-4-2-3-8-17(12)13(18)5-7-16-14(19)11-6-9-22-10-11/h6,9-10,12H,2-5,7-8H2,1H3,(H,16,19). The molecule has 6 nitrogen and oxygen atoms in total. The van der Waals surface area contributed by atoms with Gasteiger partial charge in [-0.15, -0.1) is 0 Å². The van der Waals surface area contributed by atoms with Crippen molar-refractivity contribution in [3.05, 3.63) is 22.4 Å². The molecule has 7 heteroatoms. The van der Waals surface area contributed by atoms with E-state index in [4.69, 9.17) is 4.74 Å². The van der Waals surface area contributed by atoms with Crippen molar-refractivity contribution in [3.8, 4) is 0 Å². The van der Waals surface area contributed by atoms with Gasteiger partial charge in [0.2, 0.25) is 5.91 Å². The van der Waals surface area contributed by atoms with Crippen LogP contribution in [0.1, 0.15) is 36.0 Å². The van der Waals surface area contributed by atoms with Crippen LogP contribution >= 0.6 is 11.3 Å². The molecule has 0 aromatic carbocycles. The summed E-state index contributed by atoms with van der Waals surface area (Å²) in [6, 6.07) is 1.25. The lowest BCUT2D eigenvalue weighted by atomic mass is 10.0. The Balaban J connectivity index is 1.82. The van der Waals surface area contributed by atoms with Crippen LogP contribution in [-0.4, -0.2) is 48.9 Å². The Morgan fingerprint density at radius 1 is 1.41 bits per heavy atom. The normalized spacial score (nSPS) is 17.9. The van der Waals surface area contributed by atoms with Crippen LogP contribution in [0.3, 0.4) is 0 Å². The number of esters is 1. The molecule has 22 heavy (non-hydrogen) atoms. The van der Waals surface area contributed by atoms with Crippen molar-refractivity contribution >= 4 is 29.1 Å². The van der Waals surface area contributed by atoms with Crippen LogP contribution in [0.15, 0.2) is 16.8 Å². The Hall–Kier alpha value is -1.89. The fourth-order valence-electron chi connectivity index (χ4n) is 2.53. The molecule has 2 amide bonds. The predicted octanol–water partition coefficient (Wildman–Crippen LogP) is 1.42. The average molecular weight is 324 g/mol. The van der Waals surface area contributed by atoms with Crippen LogP contribution in [0, 0.1) is 0 Å². The van der Waals surface area contributed by atoms with Crippen LogP contribution in [0.4, 0.5) is 0 Å². The summed E-state index contributed by atoms with van der Waals surface area (Å²) >= 11 is 1.45. The van der Waals surface area contributed by atoms with Crippen molar-refractivity contribution in [1.29, 1.82) is 0 Å². The Morgan fingerprint density at radius 2 is 2.23 bits per heavy atom. The SMILES string of the molecule is COC(=O)C1CCCCN1C(=O)CCNC(=O)c1ccsc1. The number of hydrogen-bond donors (Lipinski definition) is 1. The zero-order valence-electron chi connectivity index (χ0n) is 12.5. The van der Waals surface area contributed by atoms with Crippen molar-refractivity contribution in [2.24, 2.45) is 0 Å². The highest BCUT2D eigenvalue weighted by Crippen LogP contribution is 2.19. The molecule has 2 rings (SSSR count). The number of carbonyl (C=O) groups is 3. The maximum absolute atomic E-state index is 12.3. The molecule has 0 aliphatic carbocycles. The highest BCUT2D eigenvalue weighted by Gasteiger charge is 2.32. The monoisotopic (exact) mass is 324 g/mol. The van der Waals surface area contributed by atoms with Crippen LogP contribution in [0.5, 0.6) is 0 Å². The molecular formula is C15H20N2O4S. The average Bonchev–Trinajstić information content (AvgIpc) is 3.08. The largest absolute Gasteiger partial charge is 0.467 e. The molecule has 0 saturated carbocycles. The smallest absolute Gasteiger partial charge is 0.328 e. The van der Waals surface area contributed by atoms with E-state index in [-0.39, 0.29) is 30.7 Å². The molecule has 120 valence electrons. The third-order valence-corrected chi connectivity index (χ3v) is 4.39. The highest BCUT2D eigenvalue weighted by molar-refractivity contribution is 7.08. The third kappa shape index (κ3) is 4.07. The molecule has 1 aromatic rings. The molecule has 1 aromatic heterocycles. The van der Waals surface area contributed by atoms with Gasteiger partial charge < -0.3 is 15.0 Å². The first-order chi connectivity index (χ1) is 10.6. The number of piperidine rings is 1. The summed E-state index contributed by atoms with van der Waals surface area (Å²) in [5.41, 5.74) is 0.600. The van der Waals surface area contributed by atoms with E-state index in [0.717, 1.165) is 12.8 Å². The van der Waals surface area contributed by atoms with Crippen molar-refractivity contribution in [2.75, 3.05) is 20.2 Å². The molecule has 0 radical (unpaired) electrons. The summed E-state index contributed by atoms with van der Waals surface area (Å²) in [5.74, 6) is -0.673. The van der Waals surface area contributed by atoms with Gasteiger partial charge in [0.1, 0.15) is 6.04 Å². The summed E-state index contributed by atoms with van der Waals surface area (Å²) in [5, 5.41) is 6.30. The molecule has 1 unspecified atom stereocenters. The van der Waals surface area contributed by atoms with E-state index < -0.39 is 6.04 Å². The molecule has 1 fully saturated rings. The lowest BCUT2D eigenvalue weighted by Crippen LogP contribution is -2.49. The number of carbonyl (C=O) groups excluding carboxylic acids is 3. The predicted molar refractivity (Wildman–Crippen MR) is 82.6 cm³/mol. The van der Waals surface area contributed by atoms with Crippen molar-refractivity contribution in [2.45, 2.75) is 31.7 Å². The van der Waals surface area contributed by atoms with E-state index >= 15 is 0 Å². The van der Waals surface area contributed by atoms with Gasteiger partial charge in [0.05, 0.1) is 7.11 Å². The molecule has 1 saturated heterocycles. The van der Waals surface area contributed by atoms with Gasteiger partial charge in [-0.05, 0) is 30.7 Å². The van der Waals surface area contributed by atoms with Crippen LogP contribution in [0.2, 0.25) is 0 Å². The molecule has 0 spiro atoms. The zero-order valence-corrected chi connectivity index (χ0v) is 13.4. The highest BCUT2D eigenvalue weighted by atomic mass is 32.1. The minimum Gasteiger partial charge on any atom is -0.467 e. The molecule has 1 N–H and O–H groups in total. The maximum atomic E-state index is 12.3. The second kappa shape index (κ2) is 7.93. The summed E-state index contributed by atoms with van der Waals surface area (Å²) < 4.78 is 4.76. The van der Waals surface area contributed by atoms with Gasteiger partial charge in [0.15, 0.2) is 0 Å². The number of nitrogens with zero attached hydrogens (tertiary/aromatic N) is 1. The van der Waals surface area contributed by atoms with Gasteiger partial charge in [-0.2, -0.15) is 11.3 Å². The van der Waals surface area contributed by atoms with Crippen LogP contribution < -0.4 is 5.32 Å². The van der Waals surface area contributed by atoms with Gasteiger partial charge in [-0.1, -0.05) is 0 Å². The molecule has 1 aliphatic heterocycles. The Morgan fingerprint density at radius 3 is 2.91 bits per heavy atom. The van der Waals surface area contributed by atoms with E-state index in [0.29, 0.717) is 18.5 Å². The summed E-state index contributed by atoms with van der Waals surface area (Å²) in [6.07, 6.45) is 2.63. The Labute approximate surface area is 133 Å². The van der Waals surface area contributed by atoms with Gasteiger partial charge in [0.25, 0.3) is 5.91 Å². The number of amides is 2. The summed E-state index contributed by atoms with van der Waals surface area (Å²) in [7, 11) is 1.33. The molecule has 0 bridgehead atoms. The number of likely N-dealkylation sites (tertiary alicyclic amines) is 1. The molecule has 1 atom stereocenters. The zero-order chi connectivity index (χ0) is 15.9. The van der Waals surface area contributed by atoms with E-state index in [2.05, 4.69) is 5.32 Å². The minimum atomic E-state index is -0.487. The minimum absolute atomic E-state index is 0.124. The van der Waals surface area contributed by atoms with Crippen molar-refractivity contribution in [3.63, 3.8) is 0 Å². The first-order valence-corrected chi connectivity index (χ1v) is 8.25. The summed E-state index contributed by atoms with van der Waals surface area (Å²) in [4.78, 5) is 37.4. The Kier molecular flexibility index (Phi) is 5.94. The fourth-order valence-corrected chi connectivity index (χ4v) is 3.17. The number of rotatable bonds is 5. The molecule has 1 aliphatic rings. The molecule has 2 heterocycles. The maximum Gasteiger partial charge on any atom is 0.328 e. The van der Waals surface area contributed by atoms with E-state index in [1.807, 2.05) is 5.38 Å². The summed E-state index contributed by atoms with van der Waals surface area (Å²) in [6.45, 7) is 0.828. The fraction of sp³-hybridized carbons (Fsp3) is 0.533. The number of thiophene rings is 1. The van der Waals surface area contributed by atoms with E-state index in [1.165, 1.54) is 18.4 Å². The third-order valence-electron chi connectivity index (χ3n) is 3.70. The van der Waals surface area contributed by atoms with Gasteiger partial charge >= 0.3 is 5.97 Å².